The maximum Gasteiger partial charge on any atom is 0.411 e. The first-order valence-electron chi connectivity index (χ1n) is 6.92. The van der Waals surface area contributed by atoms with E-state index in [0.717, 1.165) is 11.1 Å². The molecule has 0 aliphatic carbocycles. The van der Waals surface area contributed by atoms with Gasteiger partial charge < -0.3 is 9.84 Å². The van der Waals surface area contributed by atoms with Crippen molar-refractivity contribution in [2.45, 2.75) is 19.4 Å². The van der Waals surface area contributed by atoms with Gasteiger partial charge in [-0.05, 0) is 23.6 Å². The molecule has 22 heavy (non-hydrogen) atoms. The van der Waals surface area contributed by atoms with E-state index in [1.54, 1.807) is 24.3 Å². The highest BCUT2D eigenvalue weighted by Gasteiger charge is 2.09. The molecular formula is C17H17NO4. The van der Waals surface area contributed by atoms with Crippen molar-refractivity contribution >= 4 is 17.7 Å². The summed E-state index contributed by atoms with van der Waals surface area (Å²) in [5.74, 6) is -0.874. The Bertz CT molecular complexity index is 640. The van der Waals surface area contributed by atoms with Crippen molar-refractivity contribution in [1.82, 2.24) is 0 Å². The average Bonchev–Trinajstić information content (AvgIpc) is 2.53. The van der Waals surface area contributed by atoms with Gasteiger partial charge in [-0.25, -0.2) is 4.79 Å². The molecule has 5 nitrogen and oxygen atoms in total. The van der Waals surface area contributed by atoms with Crippen LogP contribution in [0.15, 0.2) is 54.6 Å². The molecule has 0 saturated heterocycles. The fourth-order valence-corrected chi connectivity index (χ4v) is 1.97. The second-order valence-electron chi connectivity index (χ2n) is 4.74. The van der Waals surface area contributed by atoms with E-state index in [2.05, 4.69) is 5.32 Å². The molecule has 2 aromatic rings. The molecule has 5 heteroatoms. The highest BCUT2D eigenvalue weighted by molar-refractivity contribution is 5.85. The Hall–Kier alpha value is -2.82. The number of benzene rings is 2. The largest absolute Gasteiger partial charge is 0.481 e. The van der Waals surface area contributed by atoms with E-state index in [-0.39, 0.29) is 13.0 Å². The second kappa shape index (κ2) is 7.83. The molecule has 2 N–H and O–H groups in total. The van der Waals surface area contributed by atoms with E-state index in [0.29, 0.717) is 12.1 Å². The van der Waals surface area contributed by atoms with Gasteiger partial charge in [0.15, 0.2) is 0 Å². The molecule has 0 radical (unpaired) electrons. The maximum absolute atomic E-state index is 11.8. The summed E-state index contributed by atoms with van der Waals surface area (Å²) in [4.78, 5) is 22.5. The first kappa shape index (κ1) is 15.6. The Balaban J connectivity index is 1.92. The van der Waals surface area contributed by atoms with Crippen molar-refractivity contribution in [3.05, 3.63) is 65.7 Å². The number of rotatable bonds is 6. The number of anilines is 1. The fraction of sp³-hybridized carbons (Fsp3) is 0.176. The average molecular weight is 299 g/mol. The molecular weight excluding hydrogens is 282 g/mol. The number of carbonyl (C=O) groups excluding carboxylic acids is 1. The van der Waals surface area contributed by atoms with Gasteiger partial charge in [0.1, 0.15) is 6.61 Å². The third-order valence-electron chi connectivity index (χ3n) is 3.08. The Labute approximate surface area is 128 Å². The fourth-order valence-electron chi connectivity index (χ4n) is 1.97. The lowest BCUT2D eigenvalue weighted by Gasteiger charge is -2.11. The van der Waals surface area contributed by atoms with Gasteiger partial charge in [0.2, 0.25) is 0 Å². The third kappa shape index (κ3) is 4.94. The van der Waals surface area contributed by atoms with Crippen molar-refractivity contribution in [3.63, 3.8) is 0 Å². The van der Waals surface area contributed by atoms with Gasteiger partial charge in [0.25, 0.3) is 0 Å². The maximum atomic E-state index is 11.8. The van der Waals surface area contributed by atoms with Gasteiger partial charge in [-0.3, -0.25) is 10.1 Å². The molecule has 2 rings (SSSR count). The number of ether oxygens (including phenoxy) is 1. The number of amides is 1. The van der Waals surface area contributed by atoms with Crippen LogP contribution >= 0.6 is 0 Å². The van der Waals surface area contributed by atoms with Crippen molar-refractivity contribution in [2.24, 2.45) is 0 Å². The quantitative estimate of drug-likeness (QED) is 0.856. The van der Waals surface area contributed by atoms with Gasteiger partial charge in [-0.1, -0.05) is 48.5 Å². The molecule has 0 saturated carbocycles. The summed E-state index contributed by atoms with van der Waals surface area (Å²) < 4.78 is 5.15. The van der Waals surface area contributed by atoms with Gasteiger partial charge in [-0.15, -0.1) is 0 Å². The lowest BCUT2D eigenvalue weighted by atomic mass is 10.1. The molecule has 1 amide bonds. The van der Waals surface area contributed by atoms with Crippen LogP contribution in [0.25, 0.3) is 0 Å². The zero-order valence-electron chi connectivity index (χ0n) is 12.0. The summed E-state index contributed by atoms with van der Waals surface area (Å²) in [6.45, 7) is 0.184. The molecule has 114 valence electrons. The monoisotopic (exact) mass is 299 g/mol. The van der Waals surface area contributed by atoms with Crippen LogP contribution in [0, 0.1) is 0 Å². The number of carboxylic acids is 1. The molecule has 0 fully saturated rings. The SMILES string of the molecule is O=C(O)CCc1ccccc1NC(=O)OCc1ccccc1. The molecule has 0 aliphatic heterocycles. The Kier molecular flexibility index (Phi) is 5.54. The number of hydrogen-bond acceptors (Lipinski definition) is 3. The lowest BCUT2D eigenvalue weighted by Crippen LogP contribution is -2.15. The van der Waals surface area contributed by atoms with E-state index in [1.807, 2.05) is 30.3 Å². The minimum Gasteiger partial charge on any atom is -0.481 e. The van der Waals surface area contributed by atoms with Gasteiger partial charge in [0, 0.05) is 12.1 Å². The van der Waals surface area contributed by atoms with Crippen molar-refractivity contribution in [1.29, 1.82) is 0 Å². The van der Waals surface area contributed by atoms with Crippen LogP contribution in [0.3, 0.4) is 0 Å². The topological polar surface area (TPSA) is 75.6 Å². The predicted octanol–water partition coefficient (Wildman–Crippen LogP) is 3.45. The zero-order chi connectivity index (χ0) is 15.8. The summed E-state index contributed by atoms with van der Waals surface area (Å²) in [6, 6.07) is 16.5. The normalized spacial score (nSPS) is 10.0. The van der Waals surface area contributed by atoms with Crippen LogP contribution in [0.5, 0.6) is 0 Å². The Morgan fingerprint density at radius 1 is 1.00 bits per heavy atom. The van der Waals surface area contributed by atoms with Crippen LogP contribution in [0.4, 0.5) is 10.5 Å². The lowest BCUT2D eigenvalue weighted by molar-refractivity contribution is -0.136. The van der Waals surface area contributed by atoms with Crippen LogP contribution in [-0.4, -0.2) is 17.2 Å². The molecule has 0 aromatic heterocycles. The molecule has 0 spiro atoms. The van der Waals surface area contributed by atoms with Crippen molar-refractivity contribution in [2.75, 3.05) is 5.32 Å². The summed E-state index contributed by atoms with van der Waals surface area (Å²) in [6.07, 6.45) is -0.200. The van der Waals surface area contributed by atoms with Crippen molar-refractivity contribution < 1.29 is 19.4 Å². The predicted molar refractivity (Wildman–Crippen MR) is 82.6 cm³/mol. The molecule has 0 bridgehead atoms. The summed E-state index contributed by atoms with van der Waals surface area (Å²) in [5, 5.41) is 11.4. The van der Waals surface area contributed by atoms with E-state index in [4.69, 9.17) is 9.84 Å². The first-order chi connectivity index (χ1) is 10.6. The smallest absolute Gasteiger partial charge is 0.411 e. The number of nitrogens with one attached hydrogen (secondary N) is 1. The Morgan fingerprint density at radius 2 is 1.68 bits per heavy atom. The summed E-state index contributed by atoms with van der Waals surface area (Å²) in [5.41, 5.74) is 2.24. The second-order valence-corrected chi connectivity index (χ2v) is 4.74. The highest BCUT2D eigenvalue weighted by atomic mass is 16.5. The number of aliphatic carboxylic acids is 1. The first-order valence-corrected chi connectivity index (χ1v) is 6.92. The number of carboxylic acid groups (broad SMARTS) is 1. The zero-order valence-corrected chi connectivity index (χ0v) is 12.0. The number of para-hydroxylation sites is 1. The number of aryl methyl sites for hydroxylation is 1. The molecule has 0 atom stereocenters. The molecule has 2 aromatic carbocycles. The van der Waals surface area contributed by atoms with Crippen LogP contribution < -0.4 is 5.32 Å². The minimum absolute atomic E-state index is 0.0117. The van der Waals surface area contributed by atoms with E-state index in [9.17, 15) is 9.59 Å². The summed E-state index contributed by atoms with van der Waals surface area (Å²) >= 11 is 0. The molecule has 0 unspecified atom stereocenters. The van der Waals surface area contributed by atoms with E-state index in [1.165, 1.54) is 0 Å². The van der Waals surface area contributed by atoms with Crippen molar-refractivity contribution in [3.8, 4) is 0 Å². The third-order valence-corrected chi connectivity index (χ3v) is 3.08. The van der Waals surface area contributed by atoms with Crippen LogP contribution in [0.1, 0.15) is 17.5 Å². The van der Waals surface area contributed by atoms with Gasteiger partial charge in [-0.2, -0.15) is 0 Å². The minimum atomic E-state index is -0.874. The van der Waals surface area contributed by atoms with E-state index >= 15 is 0 Å². The van der Waals surface area contributed by atoms with Crippen LogP contribution in [-0.2, 0) is 22.6 Å². The van der Waals surface area contributed by atoms with Gasteiger partial charge >= 0.3 is 12.1 Å². The Morgan fingerprint density at radius 3 is 2.41 bits per heavy atom. The van der Waals surface area contributed by atoms with Gasteiger partial charge in [0.05, 0.1) is 0 Å². The molecule has 0 heterocycles. The van der Waals surface area contributed by atoms with E-state index < -0.39 is 12.1 Å². The number of carbonyl (C=O) groups is 2. The highest BCUT2D eigenvalue weighted by Crippen LogP contribution is 2.17. The standard InChI is InChI=1S/C17H17NO4/c19-16(20)11-10-14-8-4-5-9-15(14)18-17(21)22-12-13-6-2-1-3-7-13/h1-9H,10-12H2,(H,18,21)(H,19,20). The number of hydrogen-bond donors (Lipinski definition) is 2. The summed E-state index contributed by atoms with van der Waals surface area (Å²) in [7, 11) is 0. The van der Waals surface area contributed by atoms with Crippen LogP contribution in [0.2, 0.25) is 0 Å². The molecule has 0 aliphatic rings.